The average molecular weight is 412 g/mol. The Morgan fingerprint density at radius 2 is 1.83 bits per heavy atom. The number of esters is 1. The first-order valence-electron chi connectivity index (χ1n) is 9.73. The van der Waals surface area contributed by atoms with Gasteiger partial charge in [0.15, 0.2) is 12.4 Å². The molecule has 3 rings (SSSR count). The Morgan fingerprint density at radius 1 is 1.17 bits per heavy atom. The van der Waals surface area contributed by atoms with Crippen molar-refractivity contribution in [2.75, 3.05) is 19.0 Å². The third-order valence-corrected chi connectivity index (χ3v) is 5.51. The zero-order chi connectivity index (χ0) is 21.7. The summed E-state index contributed by atoms with van der Waals surface area (Å²) >= 11 is 0. The van der Waals surface area contributed by atoms with Gasteiger partial charge in [-0.25, -0.2) is 0 Å². The number of nitrogens with zero attached hydrogens (tertiary/aromatic N) is 1. The summed E-state index contributed by atoms with van der Waals surface area (Å²) in [6, 6.07) is 12.2. The lowest BCUT2D eigenvalue weighted by Crippen LogP contribution is -2.36. The summed E-state index contributed by atoms with van der Waals surface area (Å²) in [7, 11) is 1.32. The highest BCUT2D eigenvalue weighted by molar-refractivity contribution is 5.95. The van der Waals surface area contributed by atoms with Crippen LogP contribution in [-0.4, -0.2) is 30.5 Å². The minimum Gasteiger partial charge on any atom is -0.490 e. The highest BCUT2D eigenvalue weighted by atomic mass is 16.6. The van der Waals surface area contributed by atoms with Crippen molar-refractivity contribution in [3.05, 3.63) is 63.7 Å². The molecule has 30 heavy (non-hydrogen) atoms. The molecule has 158 valence electrons. The lowest BCUT2D eigenvalue weighted by Gasteiger charge is -2.27. The molecule has 2 aromatic carbocycles. The molecule has 0 saturated heterocycles. The van der Waals surface area contributed by atoms with Crippen LogP contribution >= 0.6 is 0 Å². The van der Waals surface area contributed by atoms with Gasteiger partial charge < -0.3 is 14.8 Å². The van der Waals surface area contributed by atoms with Gasteiger partial charge in [-0.3, -0.25) is 19.7 Å². The van der Waals surface area contributed by atoms with Crippen LogP contribution in [0.4, 0.5) is 11.4 Å². The van der Waals surface area contributed by atoms with Gasteiger partial charge in [-0.2, -0.15) is 0 Å². The van der Waals surface area contributed by atoms with Gasteiger partial charge in [0.25, 0.3) is 5.91 Å². The number of nitrogens with one attached hydrogen (secondary N) is 1. The number of carbonyl (C=O) groups is 2. The molecule has 0 unspecified atom stereocenters. The van der Waals surface area contributed by atoms with Crippen LogP contribution in [-0.2, 0) is 19.7 Å². The lowest BCUT2D eigenvalue weighted by molar-refractivity contribution is -0.385. The van der Waals surface area contributed by atoms with Crippen LogP contribution in [0.25, 0.3) is 0 Å². The molecule has 1 aliphatic carbocycles. The van der Waals surface area contributed by atoms with E-state index in [4.69, 9.17) is 9.47 Å². The molecule has 0 bridgehead atoms. The van der Waals surface area contributed by atoms with E-state index in [9.17, 15) is 19.7 Å². The van der Waals surface area contributed by atoms with Crippen LogP contribution in [0.2, 0.25) is 0 Å². The monoisotopic (exact) mass is 412 g/mol. The topological polar surface area (TPSA) is 108 Å². The van der Waals surface area contributed by atoms with Crippen molar-refractivity contribution < 1.29 is 24.0 Å². The summed E-state index contributed by atoms with van der Waals surface area (Å²) in [5.41, 5.74) is 0.860. The Balaban J connectivity index is 1.69. The Hall–Kier alpha value is -3.42. The number of ether oxygens (including phenoxy) is 2. The molecule has 0 aromatic heterocycles. The van der Waals surface area contributed by atoms with Crippen molar-refractivity contribution in [1.82, 2.24) is 0 Å². The van der Waals surface area contributed by atoms with E-state index in [0.717, 1.165) is 18.4 Å². The second-order valence-corrected chi connectivity index (χ2v) is 7.38. The van der Waals surface area contributed by atoms with Crippen molar-refractivity contribution in [3.8, 4) is 5.75 Å². The standard InChI is InChI=1S/C22H24N2O6/c1-15-12-18(24(27)28)19(29-2)13-17(15)23-20(25)14-30-21(26)22(10-6-7-11-22)16-8-4-3-5-9-16/h3-5,8-9,12-13H,6-7,10-11,14H2,1-2H3,(H,23,25). The Labute approximate surface area is 174 Å². The van der Waals surface area contributed by atoms with E-state index in [1.165, 1.54) is 19.2 Å². The minimum absolute atomic E-state index is 0.0341. The fourth-order valence-corrected chi connectivity index (χ4v) is 3.92. The van der Waals surface area contributed by atoms with Crippen molar-refractivity contribution in [1.29, 1.82) is 0 Å². The normalized spacial score (nSPS) is 14.7. The molecule has 1 N–H and O–H groups in total. The molecule has 0 heterocycles. The zero-order valence-electron chi connectivity index (χ0n) is 17.0. The second kappa shape index (κ2) is 8.94. The maximum Gasteiger partial charge on any atom is 0.317 e. The van der Waals surface area contributed by atoms with Gasteiger partial charge in [0.2, 0.25) is 0 Å². The molecular weight excluding hydrogens is 388 g/mol. The van der Waals surface area contributed by atoms with Crippen LogP contribution < -0.4 is 10.1 Å². The molecule has 0 spiro atoms. The first-order chi connectivity index (χ1) is 14.4. The fourth-order valence-electron chi connectivity index (χ4n) is 3.92. The molecular formula is C22H24N2O6. The third-order valence-electron chi connectivity index (χ3n) is 5.51. The number of anilines is 1. The van der Waals surface area contributed by atoms with Gasteiger partial charge in [0.1, 0.15) is 0 Å². The van der Waals surface area contributed by atoms with E-state index in [-0.39, 0.29) is 11.4 Å². The summed E-state index contributed by atoms with van der Waals surface area (Å²) < 4.78 is 10.4. The van der Waals surface area contributed by atoms with E-state index in [0.29, 0.717) is 24.1 Å². The van der Waals surface area contributed by atoms with E-state index >= 15 is 0 Å². The van der Waals surface area contributed by atoms with E-state index in [1.807, 2.05) is 30.3 Å². The smallest absolute Gasteiger partial charge is 0.317 e. The van der Waals surface area contributed by atoms with Crippen LogP contribution in [0.1, 0.15) is 36.8 Å². The van der Waals surface area contributed by atoms with Gasteiger partial charge >= 0.3 is 11.7 Å². The van der Waals surface area contributed by atoms with Crippen molar-refractivity contribution in [2.24, 2.45) is 0 Å². The number of hydrogen-bond donors (Lipinski definition) is 1. The van der Waals surface area contributed by atoms with Gasteiger partial charge in [-0.05, 0) is 30.9 Å². The number of amides is 1. The second-order valence-electron chi connectivity index (χ2n) is 7.38. The number of rotatable bonds is 7. The highest BCUT2D eigenvalue weighted by Gasteiger charge is 2.44. The Kier molecular flexibility index (Phi) is 6.34. The summed E-state index contributed by atoms with van der Waals surface area (Å²) in [5, 5.41) is 13.7. The quantitative estimate of drug-likeness (QED) is 0.420. The molecule has 2 aromatic rings. The number of nitro benzene ring substituents is 1. The van der Waals surface area contributed by atoms with Crippen molar-refractivity contribution in [2.45, 2.75) is 38.0 Å². The number of methoxy groups -OCH3 is 1. The molecule has 1 saturated carbocycles. The number of benzene rings is 2. The molecule has 0 atom stereocenters. The predicted molar refractivity (Wildman–Crippen MR) is 111 cm³/mol. The van der Waals surface area contributed by atoms with E-state index in [1.54, 1.807) is 6.92 Å². The van der Waals surface area contributed by atoms with Crippen molar-refractivity contribution >= 4 is 23.3 Å². The van der Waals surface area contributed by atoms with Gasteiger partial charge in [0.05, 0.1) is 17.4 Å². The van der Waals surface area contributed by atoms with Crippen LogP contribution in [0.5, 0.6) is 5.75 Å². The Bertz CT molecular complexity index is 952. The maximum absolute atomic E-state index is 12.9. The number of carbonyl (C=O) groups excluding carboxylic acids is 2. The van der Waals surface area contributed by atoms with Crippen LogP contribution in [0.15, 0.2) is 42.5 Å². The first-order valence-corrected chi connectivity index (χ1v) is 9.73. The molecule has 1 aliphatic rings. The molecule has 1 fully saturated rings. The number of aryl methyl sites for hydroxylation is 1. The molecule has 0 aliphatic heterocycles. The number of nitro groups is 1. The van der Waals surface area contributed by atoms with E-state index in [2.05, 4.69) is 5.32 Å². The molecule has 0 radical (unpaired) electrons. The molecule has 8 heteroatoms. The van der Waals surface area contributed by atoms with Gasteiger partial charge in [0, 0.05) is 17.8 Å². The average Bonchev–Trinajstić information content (AvgIpc) is 3.25. The van der Waals surface area contributed by atoms with Crippen molar-refractivity contribution in [3.63, 3.8) is 0 Å². The number of hydrogen-bond acceptors (Lipinski definition) is 6. The van der Waals surface area contributed by atoms with Gasteiger partial charge in [-0.15, -0.1) is 0 Å². The summed E-state index contributed by atoms with van der Waals surface area (Å²) in [5.74, 6) is -0.894. The third kappa shape index (κ3) is 4.27. The lowest BCUT2D eigenvalue weighted by atomic mass is 9.79. The SMILES string of the molecule is COc1cc(NC(=O)COC(=O)C2(c3ccccc3)CCCC2)c(C)cc1[N+](=O)[O-]. The van der Waals surface area contributed by atoms with E-state index < -0.39 is 28.8 Å². The largest absolute Gasteiger partial charge is 0.490 e. The van der Waals surface area contributed by atoms with Crippen LogP contribution in [0, 0.1) is 17.0 Å². The fraction of sp³-hybridized carbons (Fsp3) is 0.364. The highest BCUT2D eigenvalue weighted by Crippen LogP contribution is 2.42. The zero-order valence-corrected chi connectivity index (χ0v) is 17.0. The van der Waals surface area contributed by atoms with Gasteiger partial charge in [-0.1, -0.05) is 43.2 Å². The summed E-state index contributed by atoms with van der Waals surface area (Å²) in [6.07, 6.45) is 3.24. The first kappa shape index (κ1) is 21.3. The maximum atomic E-state index is 12.9. The summed E-state index contributed by atoms with van der Waals surface area (Å²) in [6.45, 7) is 1.20. The Morgan fingerprint density at radius 3 is 2.43 bits per heavy atom. The van der Waals surface area contributed by atoms with Crippen LogP contribution in [0.3, 0.4) is 0 Å². The summed E-state index contributed by atoms with van der Waals surface area (Å²) in [4.78, 5) is 35.8. The minimum atomic E-state index is -0.714. The molecule has 8 nitrogen and oxygen atoms in total. The molecule has 1 amide bonds. The predicted octanol–water partition coefficient (Wildman–Crippen LogP) is 3.91.